The second kappa shape index (κ2) is 10.4. The highest BCUT2D eigenvalue weighted by atomic mass is 32.2. The summed E-state index contributed by atoms with van der Waals surface area (Å²) in [5, 5.41) is 23.5. The first-order chi connectivity index (χ1) is 18.0. The van der Waals surface area contributed by atoms with Gasteiger partial charge >= 0.3 is 0 Å². The summed E-state index contributed by atoms with van der Waals surface area (Å²) in [5.41, 5.74) is 2.93. The second-order valence-electron chi connectivity index (χ2n) is 10.3. The molecule has 3 N–H and O–H groups in total. The molecule has 0 spiro atoms. The summed E-state index contributed by atoms with van der Waals surface area (Å²) in [7, 11) is 1.78. The molecule has 1 aliphatic heterocycles. The minimum atomic E-state index is -0.854. The number of rotatable bonds is 7. The van der Waals surface area contributed by atoms with Crippen LogP contribution in [0.2, 0.25) is 0 Å². The van der Waals surface area contributed by atoms with Crippen LogP contribution in [0.4, 0.5) is 9.57 Å². The van der Waals surface area contributed by atoms with Crippen LogP contribution in [-0.2, 0) is 10.2 Å². The van der Waals surface area contributed by atoms with Gasteiger partial charge in [-0.2, -0.15) is 5.26 Å². The van der Waals surface area contributed by atoms with Crippen molar-refractivity contribution in [3.8, 4) is 6.07 Å². The highest BCUT2D eigenvalue weighted by Gasteiger charge is 2.34. The lowest BCUT2D eigenvalue weighted by atomic mass is 9.85. The predicted molar refractivity (Wildman–Crippen MR) is 145 cm³/mol. The minimum Gasteiger partial charge on any atom is -0.388 e. The molecule has 3 heterocycles. The molecule has 2 aromatic heterocycles. The smallest absolute Gasteiger partial charge is 0.255 e. The lowest BCUT2D eigenvalue weighted by molar-refractivity contribution is -0.137. The van der Waals surface area contributed by atoms with Crippen molar-refractivity contribution >= 4 is 46.7 Å². The van der Waals surface area contributed by atoms with Gasteiger partial charge in [0.05, 0.1) is 29.5 Å². The summed E-state index contributed by atoms with van der Waals surface area (Å²) in [6.45, 7) is 8.52. The average Bonchev–Trinajstić information content (AvgIpc) is 3.24. The van der Waals surface area contributed by atoms with Crippen LogP contribution in [0.15, 0.2) is 30.6 Å². The van der Waals surface area contributed by atoms with Crippen LogP contribution in [0, 0.1) is 22.7 Å². The normalized spacial score (nSPS) is 14.5. The Bertz CT molecular complexity index is 1470. The summed E-state index contributed by atoms with van der Waals surface area (Å²) >= 11 is -0.133. The van der Waals surface area contributed by atoms with Crippen molar-refractivity contribution in [3.63, 3.8) is 0 Å². The first-order valence-electron chi connectivity index (χ1n) is 12.1. The molecule has 0 radical (unpaired) electrons. The Hall–Kier alpha value is -3.98. The molecule has 10 nitrogen and oxygen atoms in total. The Morgan fingerprint density at radius 1 is 1.29 bits per heavy atom. The number of nitriles is 1. The van der Waals surface area contributed by atoms with Crippen molar-refractivity contribution in [1.29, 1.82) is 10.7 Å². The average molecular weight is 537 g/mol. The molecule has 1 aliphatic rings. The summed E-state index contributed by atoms with van der Waals surface area (Å²) in [6.07, 6.45) is 2.64. The van der Waals surface area contributed by atoms with E-state index in [1.165, 1.54) is 17.3 Å². The topological polar surface area (TPSA) is 140 Å². The number of nitrogens with zero attached hydrogens (tertiary/aromatic N) is 5. The van der Waals surface area contributed by atoms with Gasteiger partial charge in [-0.25, -0.2) is 13.9 Å². The highest BCUT2D eigenvalue weighted by molar-refractivity contribution is 7.92. The number of hydrogen-bond acceptors (Lipinski definition) is 8. The van der Waals surface area contributed by atoms with Gasteiger partial charge in [-0.05, 0) is 24.0 Å². The molecule has 1 saturated heterocycles. The fourth-order valence-corrected chi connectivity index (χ4v) is 4.57. The molecule has 0 unspecified atom stereocenters. The number of carbonyl (C=O) groups is 2. The first-order valence-corrected chi connectivity index (χ1v) is 12.7. The number of carbonyl (C=O) groups excluding carboxylic acids is 2. The zero-order valence-electron chi connectivity index (χ0n) is 21.8. The molecule has 1 atom stereocenters. The summed E-state index contributed by atoms with van der Waals surface area (Å²) in [5.74, 6) is -1.12. The third-order valence-corrected chi connectivity index (χ3v) is 6.98. The van der Waals surface area contributed by atoms with Gasteiger partial charge in [0, 0.05) is 37.6 Å². The number of hydrogen-bond donors (Lipinski definition) is 3. The van der Waals surface area contributed by atoms with Crippen molar-refractivity contribution in [2.45, 2.75) is 39.2 Å². The molecule has 0 aliphatic carbocycles. The van der Waals surface area contributed by atoms with E-state index in [4.69, 9.17) is 10.7 Å². The number of anilines is 1. The number of likely N-dealkylation sites (tertiary alicyclic amines) is 1. The Morgan fingerprint density at radius 3 is 2.61 bits per heavy atom. The van der Waals surface area contributed by atoms with Gasteiger partial charge in [-0.3, -0.25) is 15.0 Å². The van der Waals surface area contributed by atoms with E-state index in [2.05, 4.69) is 47.4 Å². The molecule has 1 fully saturated rings. The van der Waals surface area contributed by atoms with Crippen LogP contribution in [-0.4, -0.2) is 62.5 Å². The summed E-state index contributed by atoms with van der Waals surface area (Å²) in [6, 6.07) is 7.04. The molecule has 198 valence electrons. The molecule has 2 amide bonds. The molecule has 1 aromatic carbocycles. The van der Waals surface area contributed by atoms with Crippen molar-refractivity contribution in [3.05, 3.63) is 53.0 Å². The van der Waals surface area contributed by atoms with Gasteiger partial charge in [0.2, 0.25) is 5.91 Å². The lowest BCUT2D eigenvalue weighted by Gasteiger charge is -2.37. The zero-order chi connectivity index (χ0) is 27.8. The van der Waals surface area contributed by atoms with Crippen LogP contribution >= 0.6 is 12.3 Å². The van der Waals surface area contributed by atoms with Crippen molar-refractivity contribution in [2.75, 3.05) is 25.5 Å². The monoisotopic (exact) mass is 536 g/mol. The molecule has 0 saturated carbocycles. The molecule has 0 bridgehead atoms. The zero-order valence-corrected chi connectivity index (χ0v) is 22.6. The molecule has 3 aromatic rings. The van der Waals surface area contributed by atoms with E-state index in [0.29, 0.717) is 18.7 Å². The third-order valence-electron chi connectivity index (χ3n) is 6.56. The number of benzene rings is 1. The van der Waals surface area contributed by atoms with Gasteiger partial charge in [0.25, 0.3) is 5.91 Å². The number of halogens is 1. The van der Waals surface area contributed by atoms with E-state index in [0.717, 1.165) is 15.2 Å². The van der Waals surface area contributed by atoms with Gasteiger partial charge < -0.3 is 15.5 Å². The first kappa shape index (κ1) is 27.1. The number of amides is 2. The Labute approximate surface area is 224 Å². The number of nitrogens with one attached hydrogen (secondary N) is 3. The quantitative estimate of drug-likeness (QED) is 0.392. The maximum Gasteiger partial charge on any atom is 0.255 e. The Balaban J connectivity index is 1.64. The molecular weight excluding hydrogens is 507 g/mol. The second-order valence-corrected chi connectivity index (χ2v) is 10.8. The molecule has 12 heteroatoms. The van der Waals surface area contributed by atoms with Crippen LogP contribution in [0.3, 0.4) is 0 Å². The maximum atomic E-state index is 13.7. The van der Waals surface area contributed by atoms with E-state index in [9.17, 15) is 13.5 Å². The number of fused-ring (bicyclic) bond motifs is 1. The van der Waals surface area contributed by atoms with Crippen molar-refractivity contribution in [1.82, 2.24) is 24.2 Å². The van der Waals surface area contributed by atoms with Gasteiger partial charge in [-0.1, -0.05) is 32.9 Å². The fourth-order valence-electron chi connectivity index (χ4n) is 4.23. The largest absolute Gasteiger partial charge is 0.388 e. The van der Waals surface area contributed by atoms with Crippen LogP contribution in [0.1, 0.15) is 54.9 Å². The van der Waals surface area contributed by atoms with E-state index in [1.807, 2.05) is 18.2 Å². The maximum absolute atomic E-state index is 13.7. The Kier molecular flexibility index (Phi) is 7.42. The van der Waals surface area contributed by atoms with Crippen LogP contribution < -0.4 is 10.6 Å². The minimum absolute atomic E-state index is 0.0300. The van der Waals surface area contributed by atoms with Gasteiger partial charge in [0.15, 0.2) is 18.0 Å². The van der Waals surface area contributed by atoms with Gasteiger partial charge in [0.1, 0.15) is 17.3 Å². The standard InChI is InChI=1S/C26H29FN8O2S/c1-14(25(37)34-11-15(9-28)12-34)32-24(36)18-13-35(38-27)23-22(18)33-20(10-31-23)21(29)17-7-6-16(26(2,3)4)8-19(17)30-5/h6-8,10,13-15,29-30H,11-12H2,1-5H3,(H,32,36)/t14-/m1/s1. The SMILES string of the molecule is CNc1cc(C(C)(C)C)ccc1C(=N)c1cnc2c(n1)c(C(=O)N[C@H](C)C(=O)N1CC(C#N)C1)cn2SF. The van der Waals surface area contributed by atoms with Crippen LogP contribution in [0.25, 0.3) is 11.2 Å². The van der Waals surface area contributed by atoms with Crippen molar-refractivity contribution in [2.24, 2.45) is 5.92 Å². The predicted octanol–water partition coefficient (Wildman–Crippen LogP) is 3.67. The van der Waals surface area contributed by atoms with Crippen molar-refractivity contribution < 1.29 is 13.5 Å². The van der Waals surface area contributed by atoms with E-state index >= 15 is 0 Å². The molecule has 38 heavy (non-hydrogen) atoms. The van der Waals surface area contributed by atoms with E-state index in [-0.39, 0.29) is 57.7 Å². The van der Waals surface area contributed by atoms with E-state index < -0.39 is 11.9 Å². The molecular formula is C26H29FN8O2S. The fraction of sp³-hybridized carbons (Fsp3) is 0.385. The summed E-state index contributed by atoms with van der Waals surface area (Å²) in [4.78, 5) is 36.0. The number of aromatic nitrogens is 3. The lowest BCUT2D eigenvalue weighted by Crippen LogP contribution is -2.55. The third kappa shape index (κ3) is 5.06. The highest BCUT2D eigenvalue weighted by Crippen LogP contribution is 2.29. The summed E-state index contributed by atoms with van der Waals surface area (Å²) < 4.78 is 14.7. The Morgan fingerprint density at radius 2 is 2.00 bits per heavy atom. The van der Waals surface area contributed by atoms with E-state index in [1.54, 1.807) is 14.0 Å². The van der Waals surface area contributed by atoms with Gasteiger partial charge in [-0.15, -0.1) is 3.89 Å². The molecule has 4 rings (SSSR count). The van der Waals surface area contributed by atoms with Crippen LogP contribution in [0.5, 0.6) is 0 Å².